The van der Waals surface area contributed by atoms with Crippen molar-refractivity contribution in [2.45, 2.75) is 44.6 Å². The molecule has 0 bridgehead atoms. The Bertz CT molecular complexity index is 1340. The standard InChI is InChI=1S/C30H28N2O4/c1-19-11-13-21(14-12-19)30-29-24(17-22(18-26(29)33)20-7-3-2-4-8-20)31-23-9-5-6-10-25(23)32(30)27(34)15-16-28(35)36/h2-14,22,30-31H,15-18H2,1H3,(H,35,36)/t22-,30-/m1/s1. The highest BCUT2D eigenvalue weighted by atomic mass is 16.4. The number of carbonyl (C=O) groups is 3. The summed E-state index contributed by atoms with van der Waals surface area (Å²) in [7, 11) is 0. The predicted molar refractivity (Wildman–Crippen MR) is 139 cm³/mol. The third kappa shape index (κ3) is 4.54. The zero-order valence-electron chi connectivity index (χ0n) is 20.1. The largest absolute Gasteiger partial charge is 0.481 e. The van der Waals surface area contributed by atoms with E-state index in [1.54, 1.807) is 4.90 Å². The summed E-state index contributed by atoms with van der Waals surface area (Å²) in [4.78, 5) is 40.4. The summed E-state index contributed by atoms with van der Waals surface area (Å²) < 4.78 is 0. The van der Waals surface area contributed by atoms with E-state index >= 15 is 0 Å². The molecule has 6 nitrogen and oxygen atoms in total. The number of nitrogens with one attached hydrogen (secondary N) is 1. The van der Waals surface area contributed by atoms with Crippen LogP contribution in [0.25, 0.3) is 0 Å². The molecule has 1 amide bonds. The molecule has 5 rings (SSSR count). The fraction of sp³-hybridized carbons (Fsp3) is 0.233. The molecule has 2 aliphatic rings. The van der Waals surface area contributed by atoms with E-state index in [1.165, 1.54) is 0 Å². The summed E-state index contributed by atoms with van der Waals surface area (Å²) in [5, 5.41) is 12.7. The van der Waals surface area contributed by atoms with Crippen LogP contribution in [0, 0.1) is 6.92 Å². The van der Waals surface area contributed by atoms with Gasteiger partial charge in [-0.1, -0.05) is 72.3 Å². The average molecular weight is 481 g/mol. The summed E-state index contributed by atoms with van der Waals surface area (Å²) in [5.41, 5.74) is 5.75. The molecule has 1 heterocycles. The Kier molecular flexibility index (Phi) is 6.42. The van der Waals surface area contributed by atoms with Crippen molar-refractivity contribution in [2.75, 3.05) is 10.2 Å². The van der Waals surface area contributed by atoms with Gasteiger partial charge in [0.25, 0.3) is 0 Å². The van der Waals surface area contributed by atoms with Crippen LogP contribution in [0.3, 0.4) is 0 Å². The number of fused-ring (bicyclic) bond motifs is 1. The van der Waals surface area contributed by atoms with E-state index in [4.69, 9.17) is 0 Å². The maximum atomic E-state index is 13.9. The van der Waals surface area contributed by atoms with E-state index in [-0.39, 0.29) is 30.4 Å². The predicted octanol–water partition coefficient (Wildman–Crippen LogP) is 5.76. The zero-order valence-corrected chi connectivity index (χ0v) is 20.1. The lowest BCUT2D eigenvalue weighted by Gasteiger charge is -2.35. The summed E-state index contributed by atoms with van der Waals surface area (Å²) in [6.07, 6.45) is 0.552. The van der Waals surface area contributed by atoms with Gasteiger partial charge in [-0.05, 0) is 42.5 Å². The number of allylic oxidation sites excluding steroid dienone is 1. The number of carboxylic acid groups (broad SMARTS) is 1. The third-order valence-electron chi connectivity index (χ3n) is 6.97. The van der Waals surface area contributed by atoms with E-state index < -0.39 is 12.0 Å². The smallest absolute Gasteiger partial charge is 0.303 e. The molecule has 3 aromatic carbocycles. The number of hydrogen-bond acceptors (Lipinski definition) is 4. The number of benzene rings is 3. The van der Waals surface area contributed by atoms with Crippen LogP contribution in [0.4, 0.5) is 11.4 Å². The molecule has 182 valence electrons. The van der Waals surface area contributed by atoms with E-state index in [1.807, 2.05) is 85.8 Å². The first-order valence-electron chi connectivity index (χ1n) is 12.2. The second-order valence-electron chi connectivity index (χ2n) is 9.44. The monoisotopic (exact) mass is 480 g/mol. The van der Waals surface area contributed by atoms with Crippen LogP contribution in [0.15, 0.2) is 90.1 Å². The molecule has 0 saturated carbocycles. The number of nitrogens with zero attached hydrogens (tertiary/aromatic N) is 1. The number of rotatable bonds is 5. The number of aliphatic carboxylic acids is 1. The first-order valence-corrected chi connectivity index (χ1v) is 12.2. The highest BCUT2D eigenvalue weighted by Crippen LogP contribution is 2.47. The summed E-state index contributed by atoms with van der Waals surface area (Å²) in [5.74, 6) is -1.34. The number of carbonyl (C=O) groups excluding carboxylic acids is 2. The minimum absolute atomic E-state index is 0.00739. The molecule has 6 heteroatoms. The number of Topliss-reactive ketones (excluding diaryl/α,β-unsaturated/α-hetero) is 1. The van der Waals surface area contributed by atoms with Crippen molar-refractivity contribution in [1.82, 2.24) is 0 Å². The number of aryl methyl sites for hydroxylation is 1. The molecule has 1 aliphatic heterocycles. The van der Waals surface area contributed by atoms with Gasteiger partial charge in [0.15, 0.2) is 5.78 Å². The van der Waals surface area contributed by atoms with Crippen LogP contribution in [0.2, 0.25) is 0 Å². The topological polar surface area (TPSA) is 86.7 Å². The molecule has 0 fully saturated rings. The van der Waals surface area contributed by atoms with Crippen LogP contribution in [0.1, 0.15) is 54.3 Å². The SMILES string of the molecule is Cc1ccc([C@@H]2C3=C(C[C@@H](c4ccccc4)CC3=O)Nc3ccccc3N2C(=O)CCC(=O)O)cc1. The Labute approximate surface area is 210 Å². The Hall–Kier alpha value is -4.19. The minimum Gasteiger partial charge on any atom is -0.481 e. The molecule has 3 aromatic rings. The highest BCUT2D eigenvalue weighted by Gasteiger charge is 2.41. The van der Waals surface area contributed by atoms with Crippen LogP contribution in [-0.2, 0) is 14.4 Å². The fourth-order valence-electron chi connectivity index (χ4n) is 5.22. The zero-order chi connectivity index (χ0) is 25.2. The van der Waals surface area contributed by atoms with Crippen molar-refractivity contribution >= 4 is 29.0 Å². The first kappa shape index (κ1) is 23.5. The fourth-order valence-corrected chi connectivity index (χ4v) is 5.22. The molecule has 0 radical (unpaired) electrons. The molecule has 2 N–H and O–H groups in total. The lowest BCUT2D eigenvalue weighted by atomic mass is 9.78. The van der Waals surface area contributed by atoms with Crippen molar-refractivity contribution in [1.29, 1.82) is 0 Å². The second kappa shape index (κ2) is 9.82. The molecule has 1 aliphatic carbocycles. The lowest BCUT2D eigenvalue weighted by molar-refractivity contribution is -0.138. The van der Waals surface area contributed by atoms with Crippen molar-refractivity contribution in [3.05, 3.63) is 107 Å². The Morgan fingerprint density at radius 3 is 2.31 bits per heavy atom. The van der Waals surface area contributed by atoms with E-state index in [0.29, 0.717) is 24.1 Å². The van der Waals surface area contributed by atoms with Gasteiger partial charge < -0.3 is 10.4 Å². The number of hydrogen-bond donors (Lipinski definition) is 2. The van der Waals surface area contributed by atoms with Crippen molar-refractivity contribution in [3.8, 4) is 0 Å². The van der Waals surface area contributed by atoms with E-state index in [2.05, 4.69) is 5.32 Å². The minimum atomic E-state index is -1.03. The number of ketones is 1. The van der Waals surface area contributed by atoms with E-state index in [0.717, 1.165) is 28.1 Å². The van der Waals surface area contributed by atoms with Crippen LogP contribution in [-0.4, -0.2) is 22.8 Å². The molecule has 0 saturated heterocycles. The molecular formula is C30H28N2O4. The molecule has 0 aromatic heterocycles. The Morgan fingerprint density at radius 2 is 1.58 bits per heavy atom. The van der Waals surface area contributed by atoms with Gasteiger partial charge in [0, 0.05) is 24.1 Å². The molecule has 0 unspecified atom stereocenters. The van der Waals surface area contributed by atoms with Gasteiger partial charge in [0.05, 0.1) is 23.8 Å². The maximum Gasteiger partial charge on any atom is 0.303 e. The van der Waals surface area contributed by atoms with Crippen molar-refractivity contribution < 1.29 is 19.5 Å². The van der Waals surface area contributed by atoms with Crippen LogP contribution >= 0.6 is 0 Å². The van der Waals surface area contributed by atoms with Gasteiger partial charge in [0.2, 0.25) is 5.91 Å². The van der Waals surface area contributed by atoms with Crippen LogP contribution in [0.5, 0.6) is 0 Å². The lowest BCUT2D eigenvalue weighted by Crippen LogP contribution is -2.38. The normalized spacial score (nSPS) is 19.1. The number of para-hydroxylation sites is 2. The van der Waals surface area contributed by atoms with Gasteiger partial charge >= 0.3 is 5.97 Å². The van der Waals surface area contributed by atoms with Crippen LogP contribution < -0.4 is 10.2 Å². The number of amides is 1. The van der Waals surface area contributed by atoms with Gasteiger partial charge in [-0.2, -0.15) is 0 Å². The average Bonchev–Trinajstić information content (AvgIpc) is 3.03. The van der Waals surface area contributed by atoms with Gasteiger partial charge in [-0.15, -0.1) is 0 Å². The van der Waals surface area contributed by atoms with Crippen molar-refractivity contribution in [2.24, 2.45) is 0 Å². The molecule has 2 atom stereocenters. The molecular weight excluding hydrogens is 452 g/mol. The Balaban J connectivity index is 1.68. The summed E-state index contributed by atoms with van der Waals surface area (Å²) >= 11 is 0. The van der Waals surface area contributed by atoms with Gasteiger partial charge in [0.1, 0.15) is 0 Å². The Morgan fingerprint density at radius 1 is 0.889 bits per heavy atom. The van der Waals surface area contributed by atoms with Gasteiger partial charge in [-0.25, -0.2) is 0 Å². The maximum absolute atomic E-state index is 13.9. The second-order valence-corrected chi connectivity index (χ2v) is 9.44. The molecule has 36 heavy (non-hydrogen) atoms. The third-order valence-corrected chi connectivity index (χ3v) is 6.97. The quantitative estimate of drug-likeness (QED) is 0.485. The first-order chi connectivity index (χ1) is 17.4. The number of anilines is 2. The molecule has 0 spiro atoms. The summed E-state index contributed by atoms with van der Waals surface area (Å²) in [6, 6.07) is 24.7. The van der Waals surface area contributed by atoms with Crippen molar-refractivity contribution in [3.63, 3.8) is 0 Å². The number of carboxylic acids is 1. The van der Waals surface area contributed by atoms with Gasteiger partial charge in [-0.3, -0.25) is 19.3 Å². The highest BCUT2D eigenvalue weighted by molar-refractivity contribution is 6.06. The van der Waals surface area contributed by atoms with E-state index in [9.17, 15) is 19.5 Å². The summed E-state index contributed by atoms with van der Waals surface area (Å²) in [6.45, 7) is 1.99.